The first-order valence-corrected chi connectivity index (χ1v) is 14.3. The summed E-state index contributed by atoms with van der Waals surface area (Å²) in [6.07, 6.45) is 0. The lowest BCUT2D eigenvalue weighted by Crippen LogP contribution is -2.35. The quantitative estimate of drug-likeness (QED) is 0.206. The Labute approximate surface area is 219 Å². The molecule has 0 aliphatic heterocycles. The van der Waals surface area contributed by atoms with Gasteiger partial charge in [0.2, 0.25) is 7.29 Å². The smallest absolute Gasteiger partial charge is 0.205 e. The van der Waals surface area contributed by atoms with Gasteiger partial charge in [-0.05, 0) is 54.4 Å². The molecule has 0 saturated heterocycles. The fourth-order valence-electron chi connectivity index (χ4n) is 4.62. The maximum absolute atomic E-state index is 15.1. The van der Waals surface area contributed by atoms with Crippen LogP contribution < -0.4 is 21.0 Å². The second kappa shape index (κ2) is 11.4. The summed E-state index contributed by atoms with van der Waals surface area (Å²) in [4.78, 5) is 0. The zero-order valence-corrected chi connectivity index (χ0v) is 21.8. The third-order valence-corrected chi connectivity index (χ3v) is 9.28. The van der Waals surface area contributed by atoms with Gasteiger partial charge in [-0.2, -0.15) is 0 Å². The average molecular weight is 503 g/mol. The Kier molecular flexibility index (Phi) is 7.65. The van der Waals surface area contributed by atoms with Crippen LogP contribution in [0.4, 0.5) is 5.69 Å². The van der Waals surface area contributed by atoms with Gasteiger partial charge in [-0.25, -0.2) is 0 Å². The Morgan fingerprint density at radius 1 is 0.514 bits per heavy atom. The highest BCUT2D eigenvalue weighted by Crippen LogP contribution is 2.45. The summed E-state index contributed by atoms with van der Waals surface area (Å²) in [5.41, 5.74) is 4.36. The molecule has 0 amide bonds. The van der Waals surface area contributed by atoms with Gasteiger partial charge in [0.15, 0.2) is 0 Å². The van der Waals surface area contributed by atoms with Crippen LogP contribution in [-0.2, 0) is 4.57 Å². The van der Waals surface area contributed by atoms with Crippen LogP contribution in [0.3, 0.4) is 0 Å². The lowest BCUT2D eigenvalue weighted by molar-refractivity contribution is 0.529. The number of benzene rings is 5. The zero-order chi connectivity index (χ0) is 25.5. The van der Waals surface area contributed by atoms with E-state index in [9.17, 15) is 0 Å². The van der Waals surface area contributed by atoms with Crippen molar-refractivity contribution < 1.29 is 4.57 Å². The highest BCUT2D eigenvalue weighted by atomic mass is 31.2. The van der Waals surface area contributed by atoms with Crippen molar-refractivity contribution in [2.45, 2.75) is 19.0 Å². The minimum atomic E-state index is -3.23. The number of anilines is 1. The van der Waals surface area contributed by atoms with Gasteiger partial charge in [0.05, 0.1) is 12.1 Å². The van der Waals surface area contributed by atoms with E-state index < -0.39 is 7.29 Å². The van der Waals surface area contributed by atoms with E-state index in [0.717, 1.165) is 27.4 Å². The Morgan fingerprint density at radius 3 is 1.46 bits per heavy atom. The number of hydrogen-bond acceptors (Lipinski definition) is 2. The molecule has 2 unspecified atom stereocenters. The molecule has 37 heavy (non-hydrogen) atoms. The van der Waals surface area contributed by atoms with E-state index in [2.05, 4.69) is 78.0 Å². The maximum Gasteiger partial charge on any atom is 0.205 e. The minimum absolute atomic E-state index is 0.188. The fourth-order valence-corrected chi connectivity index (χ4v) is 7.09. The van der Waals surface area contributed by atoms with Crippen molar-refractivity contribution in [2.75, 3.05) is 5.32 Å². The molecule has 5 aromatic carbocycles. The summed E-state index contributed by atoms with van der Waals surface area (Å²) in [6, 6.07) is 48.1. The van der Waals surface area contributed by atoms with Crippen molar-refractivity contribution in [1.29, 1.82) is 0 Å². The first-order valence-electron chi connectivity index (χ1n) is 12.6. The maximum atomic E-state index is 15.1. The van der Waals surface area contributed by atoms with E-state index in [1.807, 2.05) is 84.9 Å². The second-order valence-corrected chi connectivity index (χ2v) is 11.7. The molecule has 0 saturated carbocycles. The Hall–Kier alpha value is -3.91. The number of aryl methyl sites for hydroxylation is 1. The minimum Gasteiger partial charge on any atom is -0.376 e. The van der Waals surface area contributed by atoms with Gasteiger partial charge in [0, 0.05) is 16.3 Å². The lowest BCUT2D eigenvalue weighted by Gasteiger charge is -2.34. The van der Waals surface area contributed by atoms with Crippen LogP contribution in [0.25, 0.3) is 0 Å². The number of nitrogens with one attached hydrogen (secondary N) is 2. The molecule has 184 valence electrons. The molecule has 0 heterocycles. The summed E-state index contributed by atoms with van der Waals surface area (Å²) in [6.45, 7) is 2.09. The third kappa shape index (κ3) is 5.75. The Balaban J connectivity index is 1.67. The molecule has 0 aliphatic rings. The molecule has 0 radical (unpaired) electrons. The van der Waals surface area contributed by atoms with E-state index in [4.69, 9.17) is 0 Å². The largest absolute Gasteiger partial charge is 0.376 e. The standard InChI is InChI=1S/C33H31N2OP/c1-26-22-24-28(25-23-26)33(32(27-14-6-2-7-15-27)34-29-16-8-3-9-17-29)35-37(36,30-18-10-4-11-19-30)31-20-12-5-13-21-31/h2-25,32-34H,1H3,(H,35,36). The molecule has 0 spiro atoms. The van der Waals surface area contributed by atoms with E-state index in [-0.39, 0.29) is 12.1 Å². The molecule has 5 rings (SSSR count). The fraction of sp³-hybridized carbons (Fsp3) is 0.0909. The van der Waals surface area contributed by atoms with Crippen molar-refractivity contribution in [3.05, 3.63) is 162 Å². The topological polar surface area (TPSA) is 41.1 Å². The molecule has 0 bridgehead atoms. The summed E-state index contributed by atoms with van der Waals surface area (Å²) >= 11 is 0. The normalized spacial score (nSPS) is 13.0. The highest BCUT2D eigenvalue weighted by molar-refractivity contribution is 7.76. The zero-order valence-electron chi connectivity index (χ0n) is 20.9. The van der Waals surface area contributed by atoms with Crippen molar-refractivity contribution in [3.63, 3.8) is 0 Å². The molecule has 0 aromatic heterocycles. The molecule has 2 atom stereocenters. The number of para-hydroxylation sites is 1. The number of rotatable bonds is 9. The summed E-state index contributed by atoms with van der Waals surface area (Å²) < 4.78 is 15.1. The van der Waals surface area contributed by atoms with Crippen LogP contribution in [0.2, 0.25) is 0 Å². The highest BCUT2D eigenvalue weighted by Gasteiger charge is 2.35. The molecule has 3 nitrogen and oxygen atoms in total. The van der Waals surface area contributed by atoms with Crippen molar-refractivity contribution in [2.24, 2.45) is 0 Å². The van der Waals surface area contributed by atoms with Gasteiger partial charge in [-0.3, -0.25) is 9.65 Å². The van der Waals surface area contributed by atoms with Crippen LogP contribution >= 0.6 is 7.29 Å². The van der Waals surface area contributed by atoms with Gasteiger partial charge in [-0.1, -0.05) is 115 Å². The second-order valence-electron chi connectivity index (χ2n) is 9.20. The average Bonchev–Trinajstić information content (AvgIpc) is 2.97. The third-order valence-electron chi connectivity index (χ3n) is 6.58. The number of hydrogen-bond donors (Lipinski definition) is 2. The van der Waals surface area contributed by atoms with Gasteiger partial charge >= 0.3 is 0 Å². The van der Waals surface area contributed by atoms with Crippen molar-refractivity contribution in [1.82, 2.24) is 5.09 Å². The van der Waals surface area contributed by atoms with E-state index in [1.54, 1.807) is 0 Å². The first-order chi connectivity index (χ1) is 18.1. The SMILES string of the molecule is Cc1ccc(C(NP(=O)(c2ccccc2)c2ccccc2)C(Nc2ccccc2)c2ccccc2)cc1. The van der Waals surface area contributed by atoms with Crippen LogP contribution in [0.1, 0.15) is 28.8 Å². The predicted molar refractivity (Wildman–Crippen MR) is 156 cm³/mol. The summed E-state index contributed by atoms with van der Waals surface area (Å²) in [7, 11) is -3.23. The van der Waals surface area contributed by atoms with Crippen molar-refractivity contribution >= 4 is 23.6 Å². The molecular weight excluding hydrogens is 471 g/mol. The lowest BCUT2D eigenvalue weighted by atomic mass is 9.93. The Bertz CT molecular complexity index is 1400. The molecule has 5 aromatic rings. The predicted octanol–water partition coefficient (Wildman–Crippen LogP) is 7.41. The molecule has 0 fully saturated rings. The first kappa shape index (κ1) is 24.8. The van der Waals surface area contributed by atoms with Crippen LogP contribution in [0.5, 0.6) is 0 Å². The Morgan fingerprint density at radius 2 is 0.946 bits per heavy atom. The van der Waals surface area contributed by atoms with E-state index >= 15 is 4.57 Å². The van der Waals surface area contributed by atoms with Crippen molar-refractivity contribution in [3.8, 4) is 0 Å². The van der Waals surface area contributed by atoms with Crippen LogP contribution in [-0.4, -0.2) is 0 Å². The molecular formula is C33H31N2OP. The van der Waals surface area contributed by atoms with Gasteiger partial charge in [-0.15, -0.1) is 0 Å². The monoisotopic (exact) mass is 502 g/mol. The summed E-state index contributed by atoms with van der Waals surface area (Å²) in [5, 5.41) is 9.03. The summed E-state index contributed by atoms with van der Waals surface area (Å²) in [5.74, 6) is 0. The van der Waals surface area contributed by atoms with Gasteiger partial charge in [0.25, 0.3) is 0 Å². The molecule has 2 N–H and O–H groups in total. The van der Waals surface area contributed by atoms with Gasteiger partial charge < -0.3 is 5.32 Å². The van der Waals surface area contributed by atoms with Crippen LogP contribution in [0, 0.1) is 6.92 Å². The molecule has 4 heteroatoms. The van der Waals surface area contributed by atoms with E-state index in [0.29, 0.717) is 0 Å². The van der Waals surface area contributed by atoms with E-state index in [1.165, 1.54) is 5.56 Å². The van der Waals surface area contributed by atoms with Crippen LogP contribution in [0.15, 0.2) is 146 Å². The molecule has 0 aliphatic carbocycles. The van der Waals surface area contributed by atoms with Gasteiger partial charge in [0.1, 0.15) is 0 Å².